The van der Waals surface area contributed by atoms with Crippen molar-refractivity contribution in [1.29, 1.82) is 0 Å². The molecule has 5 nitrogen and oxygen atoms in total. The van der Waals surface area contributed by atoms with Crippen molar-refractivity contribution in [2.45, 2.75) is 57.6 Å². The average Bonchev–Trinajstić information content (AvgIpc) is 2.73. The van der Waals surface area contributed by atoms with Crippen LogP contribution in [0, 0.1) is 0 Å². The zero-order valence-electron chi connectivity index (χ0n) is 16.3. The second-order valence-corrected chi connectivity index (χ2v) is 7.21. The highest BCUT2D eigenvalue weighted by Gasteiger charge is 2.20. The Morgan fingerprint density at radius 3 is 2.50 bits per heavy atom. The van der Waals surface area contributed by atoms with Crippen molar-refractivity contribution < 1.29 is 14.3 Å². The van der Waals surface area contributed by atoms with Crippen LogP contribution < -0.4 is 15.4 Å². The highest BCUT2D eigenvalue weighted by atomic mass is 16.5. The smallest absolute Gasteiger partial charge is 0.265 e. The molecule has 2 amide bonds. The van der Waals surface area contributed by atoms with Crippen LogP contribution >= 0.6 is 0 Å². The fraction of sp³-hybridized carbons (Fsp3) is 0.391. The molecule has 2 N–H and O–H groups in total. The van der Waals surface area contributed by atoms with Gasteiger partial charge >= 0.3 is 0 Å². The van der Waals surface area contributed by atoms with Crippen molar-refractivity contribution in [1.82, 2.24) is 5.32 Å². The molecule has 3 rings (SSSR count). The van der Waals surface area contributed by atoms with E-state index in [1.54, 1.807) is 24.3 Å². The first-order chi connectivity index (χ1) is 13.7. The lowest BCUT2D eigenvalue weighted by molar-refractivity contribution is -0.122. The summed E-state index contributed by atoms with van der Waals surface area (Å²) >= 11 is 0. The zero-order valence-corrected chi connectivity index (χ0v) is 16.3. The SMILES string of the molecule is CCC(Oc1ccccc1)C(=O)Nc1cccc(C(=O)NC2CCCCC2)c1. The summed E-state index contributed by atoms with van der Waals surface area (Å²) in [6, 6.07) is 16.6. The highest BCUT2D eigenvalue weighted by molar-refractivity contribution is 5.98. The maximum Gasteiger partial charge on any atom is 0.265 e. The van der Waals surface area contributed by atoms with Gasteiger partial charge in [-0.15, -0.1) is 0 Å². The molecule has 1 atom stereocenters. The van der Waals surface area contributed by atoms with Crippen molar-refractivity contribution in [2.24, 2.45) is 0 Å². The molecule has 2 aromatic rings. The quantitative estimate of drug-likeness (QED) is 0.741. The van der Waals surface area contributed by atoms with Gasteiger partial charge in [0.2, 0.25) is 0 Å². The van der Waals surface area contributed by atoms with E-state index in [0.29, 0.717) is 23.4 Å². The third-order valence-corrected chi connectivity index (χ3v) is 5.02. The molecule has 148 valence electrons. The van der Waals surface area contributed by atoms with E-state index in [1.807, 2.05) is 37.3 Å². The van der Waals surface area contributed by atoms with E-state index in [1.165, 1.54) is 19.3 Å². The number of benzene rings is 2. The monoisotopic (exact) mass is 380 g/mol. The number of carbonyl (C=O) groups is 2. The first kappa shape index (κ1) is 19.9. The number of hydrogen-bond donors (Lipinski definition) is 2. The Balaban J connectivity index is 1.61. The predicted molar refractivity (Wildman–Crippen MR) is 111 cm³/mol. The van der Waals surface area contributed by atoms with Crippen molar-refractivity contribution in [3.63, 3.8) is 0 Å². The number of hydrogen-bond acceptors (Lipinski definition) is 3. The zero-order chi connectivity index (χ0) is 19.8. The second-order valence-electron chi connectivity index (χ2n) is 7.21. The molecule has 1 saturated carbocycles. The molecule has 1 unspecified atom stereocenters. The molecule has 0 aliphatic heterocycles. The van der Waals surface area contributed by atoms with Crippen LogP contribution in [0.2, 0.25) is 0 Å². The fourth-order valence-electron chi connectivity index (χ4n) is 3.46. The van der Waals surface area contributed by atoms with Gasteiger partial charge in [-0.2, -0.15) is 0 Å². The lowest BCUT2D eigenvalue weighted by atomic mass is 9.95. The van der Waals surface area contributed by atoms with Gasteiger partial charge in [0.1, 0.15) is 5.75 Å². The van der Waals surface area contributed by atoms with E-state index in [0.717, 1.165) is 12.8 Å². The van der Waals surface area contributed by atoms with Crippen LogP contribution in [-0.4, -0.2) is 24.0 Å². The molecule has 0 spiro atoms. The van der Waals surface area contributed by atoms with Crippen LogP contribution in [0.1, 0.15) is 55.8 Å². The minimum atomic E-state index is -0.595. The summed E-state index contributed by atoms with van der Waals surface area (Å²) in [6.07, 6.45) is 5.61. The number of rotatable bonds is 7. The Hall–Kier alpha value is -2.82. The number of ether oxygens (including phenoxy) is 1. The van der Waals surface area contributed by atoms with E-state index in [4.69, 9.17) is 4.74 Å². The molecule has 0 radical (unpaired) electrons. The van der Waals surface area contributed by atoms with Crippen LogP contribution in [0.4, 0.5) is 5.69 Å². The Bertz CT molecular complexity index is 785. The summed E-state index contributed by atoms with van der Waals surface area (Å²) in [4.78, 5) is 25.1. The lowest BCUT2D eigenvalue weighted by Gasteiger charge is -2.23. The molecule has 5 heteroatoms. The van der Waals surface area contributed by atoms with Gasteiger partial charge in [-0.3, -0.25) is 9.59 Å². The number of carbonyl (C=O) groups excluding carboxylic acids is 2. The molecular weight excluding hydrogens is 352 g/mol. The lowest BCUT2D eigenvalue weighted by Crippen LogP contribution is -2.36. The molecule has 28 heavy (non-hydrogen) atoms. The maximum absolute atomic E-state index is 12.6. The summed E-state index contributed by atoms with van der Waals surface area (Å²) in [7, 11) is 0. The molecule has 1 aliphatic rings. The summed E-state index contributed by atoms with van der Waals surface area (Å²) < 4.78 is 5.78. The standard InChI is InChI=1S/C23H28N2O3/c1-2-21(28-20-14-7-4-8-15-20)23(27)25-19-13-9-10-17(16-19)22(26)24-18-11-5-3-6-12-18/h4,7-10,13-16,18,21H,2-3,5-6,11-12H2,1H3,(H,24,26)(H,25,27). The van der Waals surface area contributed by atoms with E-state index in [9.17, 15) is 9.59 Å². The minimum absolute atomic E-state index is 0.0874. The summed E-state index contributed by atoms with van der Waals surface area (Å²) in [6.45, 7) is 1.90. The molecule has 1 aliphatic carbocycles. The van der Waals surface area contributed by atoms with Gasteiger partial charge in [0.05, 0.1) is 0 Å². The van der Waals surface area contributed by atoms with E-state index in [-0.39, 0.29) is 17.9 Å². The number of anilines is 1. The predicted octanol–water partition coefficient (Wildman–Crippen LogP) is 4.55. The van der Waals surface area contributed by atoms with Crippen molar-refractivity contribution in [2.75, 3.05) is 5.32 Å². The van der Waals surface area contributed by atoms with Gasteiger partial charge in [0, 0.05) is 17.3 Å². The molecule has 0 aromatic heterocycles. The van der Waals surface area contributed by atoms with Gasteiger partial charge in [0.15, 0.2) is 6.10 Å². The highest BCUT2D eigenvalue weighted by Crippen LogP contribution is 2.19. The summed E-state index contributed by atoms with van der Waals surface area (Å²) in [5.41, 5.74) is 1.15. The number of nitrogens with one attached hydrogen (secondary N) is 2. The van der Waals surface area contributed by atoms with Crippen LogP contribution in [0.3, 0.4) is 0 Å². The van der Waals surface area contributed by atoms with Crippen LogP contribution in [-0.2, 0) is 4.79 Å². The Labute approximate surface area is 166 Å². The van der Waals surface area contributed by atoms with E-state index < -0.39 is 6.10 Å². The summed E-state index contributed by atoms with van der Waals surface area (Å²) in [5.74, 6) is 0.344. The second kappa shape index (κ2) is 9.93. The number of para-hydroxylation sites is 1. The van der Waals surface area contributed by atoms with Gasteiger partial charge in [-0.1, -0.05) is 50.5 Å². The molecule has 1 fully saturated rings. The van der Waals surface area contributed by atoms with Gasteiger partial charge < -0.3 is 15.4 Å². The van der Waals surface area contributed by atoms with Crippen LogP contribution in [0.5, 0.6) is 5.75 Å². The van der Waals surface area contributed by atoms with E-state index >= 15 is 0 Å². The van der Waals surface area contributed by atoms with Crippen LogP contribution in [0.25, 0.3) is 0 Å². The molecular formula is C23H28N2O3. The van der Waals surface area contributed by atoms with Crippen LogP contribution in [0.15, 0.2) is 54.6 Å². The third-order valence-electron chi connectivity index (χ3n) is 5.02. The molecule has 0 bridgehead atoms. The Morgan fingerprint density at radius 1 is 1.04 bits per heavy atom. The largest absolute Gasteiger partial charge is 0.481 e. The first-order valence-electron chi connectivity index (χ1n) is 10.1. The molecule has 2 aromatic carbocycles. The molecule has 0 saturated heterocycles. The number of amides is 2. The van der Waals surface area contributed by atoms with Gasteiger partial charge in [0.25, 0.3) is 11.8 Å². The normalized spacial score (nSPS) is 15.5. The minimum Gasteiger partial charge on any atom is -0.481 e. The first-order valence-corrected chi connectivity index (χ1v) is 10.1. The maximum atomic E-state index is 12.6. The third kappa shape index (κ3) is 5.59. The van der Waals surface area contributed by atoms with Gasteiger partial charge in [-0.05, 0) is 49.6 Å². The van der Waals surface area contributed by atoms with E-state index in [2.05, 4.69) is 10.6 Å². The van der Waals surface area contributed by atoms with Gasteiger partial charge in [-0.25, -0.2) is 0 Å². The van der Waals surface area contributed by atoms with Crippen molar-refractivity contribution >= 4 is 17.5 Å². The van der Waals surface area contributed by atoms with Crippen molar-refractivity contribution in [3.8, 4) is 5.75 Å². The fourth-order valence-corrected chi connectivity index (χ4v) is 3.46. The Kier molecular flexibility index (Phi) is 7.06. The molecule has 0 heterocycles. The Morgan fingerprint density at radius 2 is 1.79 bits per heavy atom. The van der Waals surface area contributed by atoms with Crippen molar-refractivity contribution in [3.05, 3.63) is 60.2 Å². The average molecular weight is 380 g/mol. The topological polar surface area (TPSA) is 67.4 Å². The summed E-state index contributed by atoms with van der Waals surface area (Å²) in [5, 5.41) is 5.97.